The van der Waals surface area contributed by atoms with E-state index in [1.807, 2.05) is 12.1 Å². The molecule has 0 unspecified atom stereocenters. The summed E-state index contributed by atoms with van der Waals surface area (Å²) in [7, 11) is 0. The van der Waals surface area contributed by atoms with Gasteiger partial charge in [0.1, 0.15) is 0 Å². The summed E-state index contributed by atoms with van der Waals surface area (Å²) in [6.07, 6.45) is 3.79. The van der Waals surface area contributed by atoms with Gasteiger partial charge in [0.15, 0.2) is 0 Å². The summed E-state index contributed by atoms with van der Waals surface area (Å²) in [5, 5.41) is 0.774. The molecule has 1 aromatic rings. The van der Waals surface area contributed by atoms with E-state index in [1.165, 1.54) is 24.9 Å². The Morgan fingerprint density at radius 1 is 1.44 bits per heavy atom. The number of anilines is 1. The maximum atomic E-state index is 6.00. The molecule has 0 saturated heterocycles. The van der Waals surface area contributed by atoms with Crippen molar-refractivity contribution in [3.05, 3.63) is 28.8 Å². The van der Waals surface area contributed by atoms with Crippen LogP contribution in [0.1, 0.15) is 31.7 Å². The SMILES string of the molecule is CCCN(c1ccc(Cl)cc1CN)C1CC1. The van der Waals surface area contributed by atoms with Gasteiger partial charge in [-0.1, -0.05) is 18.5 Å². The molecular weight excluding hydrogens is 220 g/mol. The van der Waals surface area contributed by atoms with Crippen LogP contribution in [0.2, 0.25) is 5.02 Å². The molecule has 0 atom stereocenters. The Morgan fingerprint density at radius 2 is 2.19 bits per heavy atom. The van der Waals surface area contributed by atoms with Crippen LogP contribution < -0.4 is 10.6 Å². The highest BCUT2D eigenvalue weighted by molar-refractivity contribution is 6.30. The van der Waals surface area contributed by atoms with E-state index in [4.69, 9.17) is 17.3 Å². The zero-order valence-corrected chi connectivity index (χ0v) is 10.5. The van der Waals surface area contributed by atoms with Gasteiger partial charge in [0.25, 0.3) is 0 Å². The van der Waals surface area contributed by atoms with Gasteiger partial charge in [-0.2, -0.15) is 0 Å². The molecule has 1 aromatic carbocycles. The topological polar surface area (TPSA) is 29.3 Å². The molecule has 0 aliphatic heterocycles. The molecule has 1 aliphatic carbocycles. The summed E-state index contributed by atoms with van der Waals surface area (Å²) in [5.41, 5.74) is 8.22. The second-order valence-electron chi connectivity index (χ2n) is 4.40. The Bertz CT molecular complexity index is 361. The van der Waals surface area contributed by atoms with Crippen LogP contribution in [0, 0.1) is 0 Å². The lowest BCUT2D eigenvalue weighted by atomic mass is 10.1. The van der Waals surface area contributed by atoms with Crippen molar-refractivity contribution in [3.8, 4) is 0 Å². The zero-order chi connectivity index (χ0) is 11.5. The molecule has 3 heteroatoms. The van der Waals surface area contributed by atoms with E-state index in [0.717, 1.165) is 23.2 Å². The molecule has 16 heavy (non-hydrogen) atoms. The van der Waals surface area contributed by atoms with Crippen molar-refractivity contribution in [2.75, 3.05) is 11.4 Å². The smallest absolute Gasteiger partial charge is 0.0415 e. The molecule has 1 saturated carbocycles. The molecule has 2 N–H and O–H groups in total. The molecule has 0 aromatic heterocycles. The first-order chi connectivity index (χ1) is 7.76. The van der Waals surface area contributed by atoms with E-state index < -0.39 is 0 Å². The van der Waals surface area contributed by atoms with Crippen LogP contribution in [0.4, 0.5) is 5.69 Å². The average molecular weight is 239 g/mol. The van der Waals surface area contributed by atoms with Crippen LogP contribution >= 0.6 is 11.6 Å². The molecule has 0 bridgehead atoms. The summed E-state index contributed by atoms with van der Waals surface area (Å²) in [6, 6.07) is 6.79. The number of hydrogen-bond donors (Lipinski definition) is 1. The maximum absolute atomic E-state index is 6.00. The third-order valence-corrected chi connectivity index (χ3v) is 3.26. The fourth-order valence-electron chi connectivity index (χ4n) is 2.12. The first-order valence-corrected chi connectivity index (χ1v) is 6.39. The van der Waals surface area contributed by atoms with Crippen LogP contribution in [-0.2, 0) is 6.54 Å². The normalized spacial score (nSPS) is 15.2. The van der Waals surface area contributed by atoms with Crippen molar-refractivity contribution >= 4 is 17.3 Å². The first kappa shape index (κ1) is 11.7. The fourth-order valence-corrected chi connectivity index (χ4v) is 2.32. The minimum Gasteiger partial charge on any atom is -0.368 e. The van der Waals surface area contributed by atoms with Crippen molar-refractivity contribution < 1.29 is 0 Å². The number of hydrogen-bond acceptors (Lipinski definition) is 2. The van der Waals surface area contributed by atoms with Gasteiger partial charge < -0.3 is 10.6 Å². The Kier molecular flexibility index (Phi) is 3.72. The van der Waals surface area contributed by atoms with Gasteiger partial charge in [-0.05, 0) is 43.0 Å². The standard InChI is InChI=1S/C13H19ClN2/c1-2-7-16(12-4-5-12)13-6-3-11(14)8-10(13)9-15/h3,6,8,12H,2,4-5,7,9,15H2,1H3. The van der Waals surface area contributed by atoms with Crippen molar-refractivity contribution in [1.29, 1.82) is 0 Å². The number of nitrogens with two attached hydrogens (primary N) is 1. The fraction of sp³-hybridized carbons (Fsp3) is 0.538. The molecule has 0 heterocycles. The summed E-state index contributed by atoms with van der Waals surface area (Å²) in [4.78, 5) is 2.48. The van der Waals surface area contributed by atoms with E-state index in [2.05, 4.69) is 17.9 Å². The lowest BCUT2D eigenvalue weighted by molar-refractivity contribution is 0.757. The lowest BCUT2D eigenvalue weighted by Gasteiger charge is -2.26. The Hall–Kier alpha value is -0.730. The second kappa shape index (κ2) is 5.07. The Labute approximate surface area is 102 Å². The van der Waals surface area contributed by atoms with Gasteiger partial charge in [0.05, 0.1) is 0 Å². The van der Waals surface area contributed by atoms with Crippen molar-refractivity contribution in [2.24, 2.45) is 5.73 Å². The highest BCUT2D eigenvalue weighted by Crippen LogP contribution is 2.34. The van der Waals surface area contributed by atoms with E-state index in [1.54, 1.807) is 0 Å². The van der Waals surface area contributed by atoms with Crippen LogP contribution in [-0.4, -0.2) is 12.6 Å². The van der Waals surface area contributed by atoms with Gasteiger partial charge in [0.2, 0.25) is 0 Å². The highest BCUT2D eigenvalue weighted by atomic mass is 35.5. The summed E-state index contributed by atoms with van der Waals surface area (Å²) in [5.74, 6) is 0. The molecule has 88 valence electrons. The molecule has 2 rings (SSSR count). The molecule has 2 nitrogen and oxygen atoms in total. The van der Waals surface area contributed by atoms with Gasteiger partial charge in [0, 0.05) is 29.8 Å². The number of nitrogens with zero attached hydrogens (tertiary/aromatic N) is 1. The van der Waals surface area contributed by atoms with E-state index >= 15 is 0 Å². The van der Waals surface area contributed by atoms with Gasteiger partial charge >= 0.3 is 0 Å². The van der Waals surface area contributed by atoms with Crippen molar-refractivity contribution in [2.45, 2.75) is 38.8 Å². The molecular formula is C13H19ClN2. The van der Waals surface area contributed by atoms with Crippen LogP contribution in [0.5, 0.6) is 0 Å². The molecule has 0 amide bonds. The monoisotopic (exact) mass is 238 g/mol. The molecule has 1 aliphatic rings. The molecule has 0 radical (unpaired) electrons. The second-order valence-corrected chi connectivity index (χ2v) is 4.84. The lowest BCUT2D eigenvalue weighted by Crippen LogP contribution is -2.27. The minimum absolute atomic E-state index is 0.558. The van der Waals surface area contributed by atoms with Crippen molar-refractivity contribution in [3.63, 3.8) is 0 Å². The van der Waals surface area contributed by atoms with Gasteiger partial charge in [-0.3, -0.25) is 0 Å². The first-order valence-electron chi connectivity index (χ1n) is 6.01. The predicted molar refractivity (Wildman–Crippen MR) is 70.0 cm³/mol. The third-order valence-electron chi connectivity index (χ3n) is 3.02. The summed E-state index contributed by atoms with van der Waals surface area (Å²) >= 11 is 6.00. The number of halogens is 1. The quantitative estimate of drug-likeness (QED) is 0.854. The third kappa shape index (κ3) is 2.50. The van der Waals surface area contributed by atoms with E-state index in [-0.39, 0.29) is 0 Å². The van der Waals surface area contributed by atoms with Gasteiger partial charge in [-0.15, -0.1) is 0 Å². The summed E-state index contributed by atoms with van der Waals surface area (Å²) in [6.45, 7) is 3.88. The van der Waals surface area contributed by atoms with Gasteiger partial charge in [-0.25, -0.2) is 0 Å². The van der Waals surface area contributed by atoms with Crippen molar-refractivity contribution in [1.82, 2.24) is 0 Å². The van der Waals surface area contributed by atoms with E-state index in [9.17, 15) is 0 Å². The Morgan fingerprint density at radius 3 is 2.75 bits per heavy atom. The molecule has 0 spiro atoms. The highest BCUT2D eigenvalue weighted by Gasteiger charge is 2.29. The predicted octanol–water partition coefficient (Wildman–Crippen LogP) is 3.18. The maximum Gasteiger partial charge on any atom is 0.0415 e. The summed E-state index contributed by atoms with van der Waals surface area (Å²) < 4.78 is 0. The van der Waals surface area contributed by atoms with Crippen LogP contribution in [0.3, 0.4) is 0 Å². The molecule has 1 fully saturated rings. The largest absolute Gasteiger partial charge is 0.368 e. The Balaban J connectivity index is 2.28. The number of benzene rings is 1. The van der Waals surface area contributed by atoms with Crippen LogP contribution in [0.25, 0.3) is 0 Å². The minimum atomic E-state index is 0.558. The van der Waals surface area contributed by atoms with E-state index in [0.29, 0.717) is 6.54 Å². The number of rotatable bonds is 5. The average Bonchev–Trinajstić information content (AvgIpc) is 3.10. The zero-order valence-electron chi connectivity index (χ0n) is 9.75. The van der Waals surface area contributed by atoms with Crippen LogP contribution in [0.15, 0.2) is 18.2 Å².